The highest BCUT2D eigenvalue weighted by atomic mass is 19.1. The molecule has 0 amide bonds. The van der Waals surface area contributed by atoms with Crippen LogP contribution in [0.15, 0.2) is 48.7 Å². The first kappa shape index (κ1) is 13.3. The number of alkyl halides is 1. The Bertz CT molecular complexity index is 505. The molecule has 1 N–H and O–H groups in total. The summed E-state index contributed by atoms with van der Waals surface area (Å²) in [5.74, 6) is 0.793. The molecule has 0 saturated carbocycles. The highest BCUT2D eigenvalue weighted by Gasteiger charge is 1.96. The van der Waals surface area contributed by atoms with Gasteiger partial charge >= 0.3 is 0 Å². The van der Waals surface area contributed by atoms with Crippen molar-refractivity contribution >= 4 is 11.9 Å². The van der Waals surface area contributed by atoms with Crippen LogP contribution in [0.5, 0.6) is 0 Å². The first-order valence-electron chi connectivity index (χ1n) is 6.43. The van der Waals surface area contributed by atoms with Crippen LogP contribution in [-0.4, -0.2) is 23.0 Å². The highest BCUT2D eigenvalue weighted by Crippen LogP contribution is 2.04. The monoisotopic (exact) mass is 259 g/mol. The van der Waals surface area contributed by atoms with Gasteiger partial charge in [0.25, 0.3) is 0 Å². The Morgan fingerprint density at radius 2 is 2.05 bits per heavy atom. The molecule has 100 valence electrons. The summed E-state index contributed by atoms with van der Waals surface area (Å²) in [4.78, 5) is 0. The molecule has 0 radical (unpaired) electrons. The number of anilines is 1. The van der Waals surface area contributed by atoms with Gasteiger partial charge < -0.3 is 5.32 Å². The van der Waals surface area contributed by atoms with E-state index in [0.29, 0.717) is 6.54 Å². The predicted octanol–water partition coefficient (Wildman–Crippen LogP) is 3.37. The quantitative estimate of drug-likeness (QED) is 0.773. The van der Waals surface area contributed by atoms with E-state index in [1.54, 1.807) is 10.9 Å². The molecule has 1 aromatic heterocycles. The second-order valence-electron chi connectivity index (χ2n) is 4.18. The Balaban J connectivity index is 1.70. The van der Waals surface area contributed by atoms with Gasteiger partial charge in [0.1, 0.15) is 12.5 Å². The summed E-state index contributed by atoms with van der Waals surface area (Å²) >= 11 is 0. The van der Waals surface area contributed by atoms with Crippen molar-refractivity contribution in [2.75, 3.05) is 18.5 Å². The van der Waals surface area contributed by atoms with Crippen LogP contribution >= 0.6 is 0 Å². The summed E-state index contributed by atoms with van der Waals surface area (Å²) < 4.78 is 13.7. The summed E-state index contributed by atoms with van der Waals surface area (Å²) in [6.07, 6.45) is 6.93. The van der Waals surface area contributed by atoms with Gasteiger partial charge in [0.05, 0.1) is 6.54 Å². The Kier molecular flexibility index (Phi) is 5.17. The molecule has 0 bridgehead atoms. The van der Waals surface area contributed by atoms with Crippen molar-refractivity contribution in [3.05, 3.63) is 54.2 Å². The van der Waals surface area contributed by atoms with Gasteiger partial charge in [-0.2, -0.15) is 5.10 Å². The van der Waals surface area contributed by atoms with E-state index in [2.05, 4.69) is 34.7 Å². The van der Waals surface area contributed by atoms with Crippen LogP contribution in [-0.2, 0) is 6.54 Å². The second-order valence-corrected chi connectivity index (χ2v) is 4.18. The van der Waals surface area contributed by atoms with Gasteiger partial charge in [-0.3, -0.25) is 4.68 Å². The van der Waals surface area contributed by atoms with Crippen LogP contribution in [0.25, 0.3) is 6.08 Å². The van der Waals surface area contributed by atoms with E-state index >= 15 is 0 Å². The lowest BCUT2D eigenvalue weighted by Crippen LogP contribution is -2.04. The molecule has 2 aromatic rings. The second kappa shape index (κ2) is 7.36. The lowest BCUT2D eigenvalue weighted by Gasteiger charge is -2.00. The molecule has 0 fully saturated rings. The molecule has 0 spiro atoms. The predicted molar refractivity (Wildman–Crippen MR) is 76.8 cm³/mol. The van der Waals surface area contributed by atoms with E-state index in [0.717, 1.165) is 18.8 Å². The van der Waals surface area contributed by atoms with Crippen molar-refractivity contribution in [3.63, 3.8) is 0 Å². The topological polar surface area (TPSA) is 29.9 Å². The average molecular weight is 259 g/mol. The number of halogens is 1. The smallest absolute Gasteiger partial charge is 0.147 e. The number of hydrogen-bond acceptors (Lipinski definition) is 2. The van der Waals surface area contributed by atoms with Crippen molar-refractivity contribution < 1.29 is 4.39 Å². The lowest BCUT2D eigenvalue weighted by atomic mass is 10.2. The van der Waals surface area contributed by atoms with Crippen LogP contribution in [0.2, 0.25) is 0 Å². The summed E-state index contributed by atoms with van der Waals surface area (Å²) in [6, 6.07) is 12.1. The SMILES string of the molecule is FCCn1ccc(NCC/C=C/c2ccccc2)n1. The maximum atomic E-state index is 12.1. The number of aromatic nitrogens is 2. The molecule has 2 rings (SSSR count). The van der Waals surface area contributed by atoms with Gasteiger partial charge in [0.15, 0.2) is 0 Å². The van der Waals surface area contributed by atoms with Gasteiger partial charge in [0.2, 0.25) is 0 Å². The van der Waals surface area contributed by atoms with E-state index in [1.165, 1.54) is 5.56 Å². The maximum absolute atomic E-state index is 12.1. The molecule has 0 aliphatic rings. The van der Waals surface area contributed by atoms with E-state index in [4.69, 9.17) is 0 Å². The average Bonchev–Trinajstić information content (AvgIpc) is 2.88. The van der Waals surface area contributed by atoms with Crippen LogP contribution in [0.1, 0.15) is 12.0 Å². The van der Waals surface area contributed by atoms with Crippen molar-refractivity contribution in [3.8, 4) is 0 Å². The lowest BCUT2D eigenvalue weighted by molar-refractivity contribution is 0.427. The Hall–Kier alpha value is -2.10. The molecular weight excluding hydrogens is 241 g/mol. The summed E-state index contributed by atoms with van der Waals surface area (Å²) in [6.45, 7) is 0.743. The van der Waals surface area contributed by atoms with Crippen LogP contribution in [0, 0.1) is 0 Å². The van der Waals surface area contributed by atoms with Crippen molar-refractivity contribution in [1.82, 2.24) is 9.78 Å². The normalized spacial score (nSPS) is 11.0. The summed E-state index contributed by atoms with van der Waals surface area (Å²) in [5, 5.41) is 7.40. The van der Waals surface area contributed by atoms with Crippen LogP contribution < -0.4 is 5.32 Å². The molecule has 1 heterocycles. The number of rotatable bonds is 7. The van der Waals surface area contributed by atoms with Gasteiger partial charge in [-0.1, -0.05) is 42.5 Å². The Labute approximate surface area is 112 Å². The number of nitrogens with one attached hydrogen (secondary N) is 1. The zero-order valence-electron chi connectivity index (χ0n) is 10.8. The number of aryl methyl sites for hydroxylation is 1. The number of benzene rings is 1. The standard InChI is InChI=1S/C15H18FN3/c16-10-13-19-12-9-15(18-19)17-11-5-4-8-14-6-2-1-3-7-14/h1-4,6-9,12H,5,10-11,13H2,(H,17,18)/b8-4+. The van der Waals surface area contributed by atoms with Crippen molar-refractivity contribution in [2.24, 2.45) is 0 Å². The van der Waals surface area contributed by atoms with Gasteiger partial charge in [-0.05, 0) is 12.0 Å². The Morgan fingerprint density at radius 3 is 2.84 bits per heavy atom. The summed E-state index contributed by atoms with van der Waals surface area (Å²) in [5.41, 5.74) is 1.20. The Morgan fingerprint density at radius 1 is 1.21 bits per heavy atom. The van der Waals surface area contributed by atoms with E-state index in [9.17, 15) is 4.39 Å². The fourth-order valence-electron chi connectivity index (χ4n) is 1.73. The zero-order chi connectivity index (χ0) is 13.3. The molecule has 0 aliphatic carbocycles. The molecule has 0 unspecified atom stereocenters. The molecule has 0 aliphatic heterocycles. The minimum atomic E-state index is -0.388. The van der Waals surface area contributed by atoms with Crippen LogP contribution in [0.4, 0.5) is 10.2 Å². The van der Waals surface area contributed by atoms with Crippen LogP contribution in [0.3, 0.4) is 0 Å². The van der Waals surface area contributed by atoms with Gasteiger partial charge in [-0.15, -0.1) is 0 Å². The van der Waals surface area contributed by atoms with E-state index < -0.39 is 0 Å². The zero-order valence-corrected chi connectivity index (χ0v) is 10.8. The number of hydrogen-bond donors (Lipinski definition) is 1. The molecule has 0 saturated heterocycles. The summed E-state index contributed by atoms with van der Waals surface area (Å²) in [7, 11) is 0. The van der Waals surface area contributed by atoms with E-state index in [-0.39, 0.29) is 6.67 Å². The minimum Gasteiger partial charge on any atom is -0.368 e. The highest BCUT2D eigenvalue weighted by molar-refractivity contribution is 5.48. The molecule has 3 nitrogen and oxygen atoms in total. The fourth-order valence-corrected chi connectivity index (χ4v) is 1.73. The molecule has 1 aromatic carbocycles. The van der Waals surface area contributed by atoms with Crippen molar-refractivity contribution in [2.45, 2.75) is 13.0 Å². The maximum Gasteiger partial charge on any atom is 0.147 e. The first-order chi connectivity index (χ1) is 9.38. The van der Waals surface area contributed by atoms with Gasteiger partial charge in [-0.25, -0.2) is 4.39 Å². The molecule has 19 heavy (non-hydrogen) atoms. The third-order valence-corrected chi connectivity index (χ3v) is 2.68. The molecular formula is C15H18FN3. The minimum absolute atomic E-state index is 0.315. The van der Waals surface area contributed by atoms with Gasteiger partial charge in [0, 0.05) is 18.8 Å². The third kappa shape index (κ3) is 4.58. The van der Waals surface area contributed by atoms with E-state index in [1.807, 2.05) is 24.3 Å². The molecule has 4 heteroatoms. The largest absolute Gasteiger partial charge is 0.368 e. The third-order valence-electron chi connectivity index (χ3n) is 2.68. The number of nitrogens with zero attached hydrogens (tertiary/aromatic N) is 2. The molecule has 0 atom stereocenters. The van der Waals surface area contributed by atoms with Crippen molar-refractivity contribution in [1.29, 1.82) is 0 Å². The fraction of sp³-hybridized carbons (Fsp3) is 0.267. The first-order valence-corrected chi connectivity index (χ1v) is 6.43.